The smallest absolute Gasteiger partial charge is 0.300 e. The Labute approximate surface area is 169 Å². The summed E-state index contributed by atoms with van der Waals surface area (Å²) >= 11 is 0. The first kappa shape index (κ1) is 26.3. The van der Waals surface area contributed by atoms with Gasteiger partial charge in [-0.05, 0) is 46.1 Å². The van der Waals surface area contributed by atoms with E-state index in [0.29, 0.717) is 12.5 Å². The van der Waals surface area contributed by atoms with Crippen LogP contribution in [0.4, 0.5) is 0 Å². The van der Waals surface area contributed by atoms with E-state index in [2.05, 4.69) is 43.1 Å². The lowest BCUT2D eigenvalue weighted by Crippen LogP contribution is -2.36. The molecule has 7 heteroatoms. The van der Waals surface area contributed by atoms with Crippen molar-refractivity contribution in [2.45, 2.75) is 47.5 Å². The fourth-order valence-electron chi connectivity index (χ4n) is 3.47. The molecule has 0 aromatic rings. The van der Waals surface area contributed by atoms with Gasteiger partial charge in [0.25, 0.3) is 11.9 Å². The van der Waals surface area contributed by atoms with Crippen molar-refractivity contribution < 1.29 is 24.9 Å². The van der Waals surface area contributed by atoms with Crippen LogP contribution in [0.3, 0.4) is 0 Å². The molecule has 7 nitrogen and oxygen atoms in total. The van der Waals surface area contributed by atoms with Crippen LogP contribution in [-0.4, -0.2) is 71.5 Å². The lowest BCUT2D eigenvalue weighted by atomic mass is 9.82. The van der Waals surface area contributed by atoms with E-state index in [1.54, 1.807) is 0 Å². The van der Waals surface area contributed by atoms with Crippen molar-refractivity contribution in [1.29, 1.82) is 0 Å². The van der Waals surface area contributed by atoms with Crippen LogP contribution in [-0.2, 0) is 9.59 Å². The number of aliphatic carboxylic acids is 2. The fourth-order valence-corrected chi connectivity index (χ4v) is 3.47. The van der Waals surface area contributed by atoms with Gasteiger partial charge in [0, 0.05) is 45.4 Å². The summed E-state index contributed by atoms with van der Waals surface area (Å²) in [7, 11) is 0. The van der Waals surface area contributed by atoms with Crippen LogP contribution in [0.15, 0.2) is 23.3 Å². The molecule has 0 aliphatic carbocycles. The molecule has 2 heterocycles. The Kier molecular flexibility index (Phi) is 12.7. The molecule has 2 aliphatic heterocycles. The Bertz CT molecular complexity index is 535. The molecule has 2 rings (SSSR count). The highest BCUT2D eigenvalue weighted by Gasteiger charge is 2.48. The summed E-state index contributed by atoms with van der Waals surface area (Å²) < 4.78 is 0. The highest BCUT2D eigenvalue weighted by atomic mass is 16.4. The normalized spacial score (nSPS) is 23.6. The predicted octanol–water partition coefficient (Wildman–Crippen LogP) is 2.37. The maximum Gasteiger partial charge on any atom is 0.300 e. The molecule has 162 valence electrons. The number of hydrogen-bond donors (Lipinski definition) is 4. The summed E-state index contributed by atoms with van der Waals surface area (Å²) in [5, 5.41) is 28.0. The second kappa shape index (κ2) is 13.5. The minimum Gasteiger partial charge on any atom is -0.481 e. The van der Waals surface area contributed by atoms with Crippen molar-refractivity contribution in [3.8, 4) is 0 Å². The number of aliphatic hydroxyl groups is 1. The lowest BCUT2D eigenvalue weighted by molar-refractivity contribution is -0.135. The molecule has 2 saturated heterocycles. The topological polar surface area (TPSA) is 110 Å². The highest BCUT2D eigenvalue weighted by Crippen LogP contribution is 2.38. The third-order valence-corrected chi connectivity index (χ3v) is 4.86. The first-order chi connectivity index (χ1) is 13.0. The quantitative estimate of drug-likeness (QED) is 0.509. The number of rotatable bonds is 6. The summed E-state index contributed by atoms with van der Waals surface area (Å²) in [5.74, 6) is -1.04. The van der Waals surface area contributed by atoms with E-state index in [9.17, 15) is 5.11 Å². The Morgan fingerprint density at radius 3 is 2.14 bits per heavy atom. The van der Waals surface area contributed by atoms with Gasteiger partial charge in [0.05, 0.1) is 6.61 Å². The average molecular weight is 399 g/mol. The number of likely N-dealkylation sites (tertiary alicyclic amines) is 1. The molecule has 0 spiro atoms. The van der Waals surface area contributed by atoms with Crippen LogP contribution in [0, 0.1) is 11.3 Å². The number of carbonyl (C=O) groups is 2. The molecule has 28 heavy (non-hydrogen) atoms. The highest BCUT2D eigenvalue weighted by molar-refractivity contribution is 5.63. The summed E-state index contributed by atoms with van der Waals surface area (Å²) in [5.41, 5.74) is 3.02. The van der Waals surface area contributed by atoms with Gasteiger partial charge in [0.15, 0.2) is 0 Å². The number of nitrogens with one attached hydrogen (secondary N) is 1. The molecule has 0 aromatic carbocycles. The van der Waals surface area contributed by atoms with Crippen LogP contribution in [0.2, 0.25) is 0 Å². The number of fused-ring (bicyclic) bond motifs is 1. The van der Waals surface area contributed by atoms with Crippen LogP contribution in [0.25, 0.3) is 0 Å². The molecule has 0 bridgehead atoms. The van der Waals surface area contributed by atoms with E-state index < -0.39 is 11.9 Å². The third-order valence-electron chi connectivity index (χ3n) is 4.86. The molecule has 0 radical (unpaired) electrons. The number of nitrogens with zero attached hydrogens (tertiary/aromatic N) is 1. The molecule has 0 saturated carbocycles. The number of aliphatic hydroxyl groups excluding tert-OH is 1. The Morgan fingerprint density at radius 1 is 1.11 bits per heavy atom. The van der Waals surface area contributed by atoms with Gasteiger partial charge in [-0.25, -0.2) is 0 Å². The molecule has 2 fully saturated rings. The maximum absolute atomic E-state index is 9.70. The zero-order valence-electron chi connectivity index (χ0n) is 18.0. The summed E-state index contributed by atoms with van der Waals surface area (Å²) in [6.07, 6.45) is 7.00. The molecule has 2 aliphatic rings. The van der Waals surface area contributed by atoms with Crippen LogP contribution in [0.5, 0.6) is 0 Å². The van der Waals surface area contributed by atoms with E-state index in [4.69, 9.17) is 19.8 Å². The molecule has 2 unspecified atom stereocenters. The van der Waals surface area contributed by atoms with E-state index >= 15 is 0 Å². The molecule has 2 atom stereocenters. The van der Waals surface area contributed by atoms with E-state index in [0.717, 1.165) is 59.4 Å². The van der Waals surface area contributed by atoms with E-state index in [1.807, 2.05) is 0 Å². The summed E-state index contributed by atoms with van der Waals surface area (Å²) in [6, 6.07) is 0. The summed E-state index contributed by atoms with van der Waals surface area (Å²) in [6.45, 7) is 14.3. The SMILES string of the molecule is CC(=O)O.CC(=O)O.CC(C)=CCCC(C)=CCN1CC2CNCC2(CO)C1. The van der Waals surface area contributed by atoms with Crippen molar-refractivity contribution in [3.05, 3.63) is 23.3 Å². The van der Waals surface area contributed by atoms with Gasteiger partial charge in [0.1, 0.15) is 0 Å². The Hall–Kier alpha value is -1.70. The molecular weight excluding hydrogens is 360 g/mol. The van der Waals surface area contributed by atoms with Crippen LogP contribution in [0.1, 0.15) is 47.5 Å². The minimum atomic E-state index is -0.833. The number of carboxylic acids is 2. The number of carboxylic acid groups (broad SMARTS) is 2. The average Bonchev–Trinajstić information content (AvgIpc) is 3.08. The van der Waals surface area contributed by atoms with Crippen molar-refractivity contribution in [2.24, 2.45) is 11.3 Å². The van der Waals surface area contributed by atoms with E-state index in [-0.39, 0.29) is 5.41 Å². The Balaban J connectivity index is 0.000000776. The zero-order chi connectivity index (χ0) is 21.7. The van der Waals surface area contributed by atoms with Crippen molar-refractivity contribution in [3.63, 3.8) is 0 Å². The minimum absolute atomic E-state index is 0.129. The standard InChI is InChI=1S/C17H30N2O.2C2H4O2/c1-14(2)5-4-6-15(3)7-8-19-10-16-9-18-11-17(16,12-19)13-20;2*1-2(3)4/h5,7,16,18,20H,4,6,8-13H2,1-3H3;2*1H3,(H,3,4). The second-order valence-electron chi connectivity index (χ2n) is 7.95. The van der Waals surface area contributed by atoms with Gasteiger partial charge in [-0.3, -0.25) is 14.5 Å². The van der Waals surface area contributed by atoms with Gasteiger partial charge >= 0.3 is 0 Å². The summed E-state index contributed by atoms with van der Waals surface area (Å²) in [4.78, 5) is 20.5. The number of hydrogen-bond acceptors (Lipinski definition) is 5. The number of allylic oxidation sites excluding steroid dienone is 3. The predicted molar refractivity (Wildman–Crippen MR) is 111 cm³/mol. The molecule has 0 amide bonds. The first-order valence-corrected chi connectivity index (χ1v) is 9.74. The van der Waals surface area contributed by atoms with E-state index in [1.165, 1.54) is 11.1 Å². The fraction of sp³-hybridized carbons (Fsp3) is 0.714. The maximum atomic E-state index is 9.70. The zero-order valence-corrected chi connectivity index (χ0v) is 18.0. The van der Waals surface area contributed by atoms with Crippen molar-refractivity contribution >= 4 is 11.9 Å². The second-order valence-corrected chi connectivity index (χ2v) is 7.95. The molecule has 4 N–H and O–H groups in total. The molecule has 0 aromatic heterocycles. The van der Waals surface area contributed by atoms with Gasteiger partial charge in [-0.2, -0.15) is 0 Å². The largest absolute Gasteiger partial charge is 0.481 e. The van der Waals surface area contributed by atoms with Gasteiger partial charge in [-0.15, -0.1) is 0 Å². The third kappa shape index (κ3) is 11.2. The van der Waals surface area contributed by atoms with Crippen molar-refractivity contribution in [1.82, 2.24) is 10.2 Å². The lowest BCUT2D eigenvalue weighted by Gasteiger charge is -2.25. The first-order valence-electron chi connectivity index (χ1n) is 9.74. The van der Waals surface area contributed by atoms with Gasteiger partial charge in [0.2, 0.25) is 0 Å². The Morgan fingerprint density at radius 2 is 1.68 bits per heavy atom. The van der Waals surface area contributed by atoms with Gasteiger partial charge < -0.3 is 20.6 Å². The van der Waals surface area contributed by atoms with Gasteiger partial charge in [-0.1, -0.05) is 23.3 Å². The van der Waals surface area contributed by atoms with Crippen LogP contribution < -0.4 is 5.32 Å². The van der Waals surface area contributed by atoms with Crippen molar-refractivity contribution in [2.75, 3.05) is 39.3 Å². The molecular formula is C21H38N2O5. The monoisotopic (exact) mass is 398 g/mol. The van der Waals surface area contributed by atoms with Crippen LogP contribution >= 0.6 is 0 Å².